The number of nitrogens with zero attached hydrogens (tertiary/aromatic N) is 1. The van der Waals surface area contributed by atoms with Crippen molar-refractivity contribution >= 4 is 7.82 Å². The standard InChI is InChI=1S/C32H48NO4P/c1-28(2,3)22-15-17-26(24(19-22)30(7,8)9)35-38(34,37-32(13,14)21-33)36-27-18-16-23(29(4,5)6)20-25(27)31(10,11)12/h15-20H,1-14H3. The zero-order valence-corrected chi connectivity index (χ0v) is 26.9. The molecule has 0 aliphatic carbocycles. The quantitative estimate of drug-likeness (QED) is 0.340. The third kappa shape index (κ3) is 8.11. The molecular formula is C32H48NO4P. The van der Waals surface area contributed by atoms with Crippen LogP contribution in [0.4, 0.5) is 0 Å². The van der Waals surface area contributed by atoms with Gasteiger partial charge in [0.15, 0.2) is 5.60 Å². The molecule has 2 aromatic carbocycles. The first-order valence-corrected chi connectivity index (χ1v) is 14.8. The maximum Gasteiger partial charge on any atom is 0.589 e. The van der Waals surface area contributed by atoms with Crippen molar-refractivity contribution in [3.8, 4) is 17.6 Å². The Balaban J connectivity index is 2.72. The summed E-state index contributed by atoms with van der Waals surface area (Å²) in [5, 5.41) is 9.70. The van der Waals surface area contributed by atoms with Gasteiger partial charge in [-0.2, -0.15) is 5.26 Å². The average Bonchev–Trinajstić information content (AvgIpc) is 2.70. The lowest BCUT2D eigenvalue weighted by Gasteiger charge is -2.31. The van der Waals surface area contributed by atoms with Crippen LogP contribution in [0.15, 0.2) is 36.4 Å². The molecule has 5 nitrogen and oxygen atoms in total. The summed E-state index contributed by atoms with van der Waals surface area (Å²) >= 11 is 0. The SMILES string of the molecule is CC(C)(C#N)OP(=O)(Oc1ccc(C(C)(C)C)cc1C(C)(C)C)Oc1ccc(C(C)(C)C)cc1C(C)(C)C. The highest BCUT2D eigenvalue weighted by molar-refractivity contribution is 7.49. The second kappa shape index (κ2) is 10.4. The minimum Gasteiger partial charge on any atom is -0.395 e. The highest BCUT2D eigenvalue weighted by Gasteiger charge is 2.41. The second-order valence-corrected chi connectivity index (χ2v) is 16.2. The Morgan fingerprint density at radius 1 is 0.605 bits per heavy atom. The van der Waals surface area contributed by atoms with Gasteiger partial charge in [-0.1, -0.05) is 107 Å². The Hall–Kier alpha value is -2.28. The maximum atomic E-state index is 14.4. The summed E-state index contributed by atoms with van der Waals surface area (Å²) in [5.41, 5.74) is 1.86. The third-order valence-electron chi connectivity index (χ3n) is 6.34. The highest BCUT2D eigenvalue weighted by atomic mass is 31.2. The van der Waals surface area contributed by atoms with E-state index in [0.29, 0.717) is 11.5 Å². The molecule has 0 heterocycles. The van der Waals surface area contributed by atoms with Gasteiger partial charge in [0, 0.05) is 11.1 Å². The van der Waals surface area contributed by atoms with Crippen LogP contribution < -0.4 is 9.05 Å². The van der Waals surface area contributed by atoms with Gasteiger partial charge in [0.2, 0.25) is 0 Å². The van der Waals surface area contributed by atoms with Crippen molar-refractivity contribution in [3.05, 3.63) is 58.7 Å². The fourth-order valence-electron chi connectivity index (χ4n) is 3.92. The maximum absolute atomic E-state index is 14.4. The predicted molar refractivity (Wildman–Crippen MR) is 157 cm³/mol. The van der Waals surface area contributed by atoms with Gasteiger partial charge in [0.1, 0.15) is 11.5 Å². The lowest BCUT2D eigenvalue weighted by Crippen LogP contribution is -2.25. The molecule has 0 aromatic heterocycles. The lowest BCUT2D eigenvalue weighted by molar-refractivity contribution is 0.116. The molecule has 210 valence electrons. The first-order chi connectivity index (χ1) is 16.9. The van der Waals surface area contributed by atoms with Gasteiger partial charge < -0.3 is 9.05 Å². The largest absolute Gasteiger partial charge is 0.589 e. The summed E-state index contributed by atoms with van der Waals surface area (Å²) in [6.45, 7) is 28.5. The number of phosphoric ester groups is 1. The number of phosphoric acid groups is 1. The summed E-state index contributed by atoms with van der Waals surface area (Å²) in [6.07, 6.45) is 0. The van der Waals surface area contributed by atoms with Crippen LogP contribution in [-0.2, 0) is 30.7 Å². The summed E-state index contributed by atoms with van der Waals surface area (Å²) in [5.74, 6) is 0.817. The Bertz CT molecular complexity index is 1160. The van der Waals surface area contributed by atoms with E-state index in [1.165, 1.54) is 0 Å². The molecule has 0 radical (unpaired) electrons. The smallest absolute Gasteiger partial charge is 0.395 e. The van der Waals surface area contributed by atoms with Crippen molar-refractivity contribution in [2.75, 3.05) is 0 Å². The van der Waals surface area contributed by atoms with Crippen LogP contribution >= 0.6 is 7.82 Å². The van der Waals surface area contributed by atoms with Crippen molar-refractivity contribution in [1.29, 1.82) is 5.26 Å². The molecule has 0 saturated heterocycles. The number of benzene rings is 2. The van der Waals surface area contributed by atoms with Crippen LogP contribution in [0, 0.1) is 11.3 Å². The monoisotopic (exact) mass is 541 g/mol. The minimum absolute atomic E-state index is 0.0750. The fraction of sp³-hybridized carbons (Fsp3) is 0.594. The number of hydrogen-bond donors (Lipinski definition) is 0. The summed E-state index contributed by atoms with van der Waals surface area (Å²) < 4.78 is 32.7. The molecule has 0 amide bonds. The van der Waals surface area contributed by atoms with E-state index < -0.39 is 13.4 Å². The molecule has 0 fully saturated rings. The van der Waals surface area contributed by atoms with Crippen molar-refractivity contribution < 1.29 is 18.1 Å². The van der Waals surface area contributed by atoms with Crippen LogP contribution in [0.3, 0.4) is 0 Å². The topological polar surface area (TPSA) is 68.5 Å². The zero-order valence-electron chi connectivity index (χ0n) is 26.0. The van der Waals surface area contributed by atoms with Crippen LogP contribution in [0.25, 0.3) is 0 Å². The molecule has 6 heteroatoms. The van der Waals surface area contributed by atoms with Gasteiger partial charge in [-0.15, -0.1) is 0 Å². The lowest BCUT2D eigenvalue weighted by atomic mass is 9.80. The molecule has 2 rings (SSSR count). The van der Waals surface area contributed by atoms with Crippen molar-refractivity contribution in [2.45, 2.75) is 124 Å². The molecule has 0 aliphatic rings. The fourth-order valence-corrected chi connectivity index (χ4v) is 5.43. The van der Waals surface area contributed by atoms with Crippen LogP contribution in [0.1, 0.15) is 119 Å². The second-order valence-electron chi connectivity index (χ2n) is 14.8. The Morgan fingerprint density at radius 3 is 1.21 bits per heavy atom. The van der Waals surface area contributed by atoms with E-state index in [9.17, 15) is 9.83 Å². The van der Waals surface area contributed by atoms with Crippen LogP contribution in [-0.4, -0.2) is 5.60 Å². The highest BCUT2D eigenvalue weighted by Crippen LogP contribution is 2.55. The first-order valence-electron chi connectivity index (χ1n) is 13.3. The summed E-state index contributed by atoms with van der Waals surface area (Å²) in [7, 11) is -4.33. The normalized spacial score (nSPS) is 13.7. The molecule has 0 unspecified atom stereocenters. The first kappa shape index (κ1) is 31.9. The predicted octanol–water partition coefficient (Wildman–Crippen LogP) is 9.76. The van der Waals surface area contributed by atoms with E-state index in [2.05, 4.69) is 101 Å². The summed E-state index contributed by atoms with van der Waals surface area (Å²) in [4.78, 5) is 0. The number of nitriles is 1. The van der Waals surface area contributed by atoms with Gasteiger partial charge in [0.05, 0.1) is 6.07 Å². The van der Waals surface area contributed by atoms with Gasteiger partial charge in [-0.3, -0.25) is 0 Å². The van der Waals surface area contributed by atoms with E-state index in [1.807, 2.05) is 24.3 Å². The van der Waals surface area contributed by atoms with E-state index in [-0.39, 0.29) is 21.7 Å². The number of hydrogen-bond acceptors (Lipinski definition) is 5. The molecule has 38 heavy (non-hydrogen) atoms. The van der Waals surface area contributed by atoms with Gasteiger partial charge in [-0.25, -0.2) is 9.09 Å². The van der Waals surface area contributed by atoms with Crippen molar-refractivity contribution in [1.82, 2.24) is 0 Å². The molecule has 0 aliphatic heterocycles. The Labute approximate surface area is 231 Å². The van der Waals surface area contributed by atoms with Gasteiger partial charge >= 0.3 is 7.82 Å². The average molecular weight is 542 g/mol. The van der Waals surface area contributed by atoms with Crippen molar-refractivity contribution in [2.24, 2.45) is 0 Å². The number of rotatable bonds is 6. The zero-order chi connectivity index (χ0) is 29.5. The van der Waals surface area contributed by atoms with Crippen LogP contribution in [0.5, 0.6) is 11.5 Å². The molecule has 0 atom stereocenters. The molecular weight excluding hydrogens is 493 g/mol. The summed E-state index contributed by atoms with van der Waals surface area (Å²) in [6, 6.07) is 13.8. The van der Waals surface area contributed by atoms with Crippen LogP contribution in [0.2, 0.25) is 0 Å². The third-order valence-corrected chi connectivity index (χ3v) is 7.86. The van der Waals surface area contributed by atoms with Crippen molar-refractivity contribution in [3.63, 3.8) is 0 Å². The minimum atomic E-state index is -4.33. The van der Waals surface area contributed by atoms with E-state index in [4.69, 9.17) is 13.6 Å². The molecule has 0 N–H and O–H groups in total. The molecule has 0 bridgehead atoms. The molecule has 0 spiro atoms. The van der Waals surface area contributed by atoms with E-state index in [0.717, 1.165) is 22.3 Å². The van der Waals surface area contributed by atoms with E-state index >= 15 is 0 Å². The van der Waals surface area contributed by atoms with Gasteiger partial charge in [-0.05, 0) is 58.8 Å². The Morgan fingerprint density at radius 2 is 0.947 bits per heavy atom. The Kier molecular flexibility index (Phi) is 8.71. The molecule has 2 aromatic rings. The molecule has 0 saturated carbocycles. The van der Waals surface area contributed by atoms with Gasteiger partial charge in [0.25, 0.3) is 0 Å². The van der Waals surface area contributed by atoms with E-state index in [1.54, 1.807) is 13.8 Å².